The van der Waals surface area contributed by atoms with Gasteiger partial charge < -0.3 is 20.4 Å². The Labute approximate surface area is 113 Å². The highest BCUT2D eigenvalue weighted by molar-refractivity contribution is 5.94. The predicted octanol–water partition coefficient (Wildman–Crippen LogP) is 0.280. The van der Waals surface area contributed by atoms with Gasteiger partial charge in [-0.05, 0) is 38.4 Å². The molecule has 19 heavy (non-hydrogen) atoms. The zero-order valence-electron chi connectivity index (χ0n) is 11.5. The molecule has 0 aliphatic carbocycles. The lowest BCUT2D eigenvalue weighted by molar-refractivity contribution is 0.0900. The van der Waals surface area contributed by atoms with Crippen LogP contribution >= 0.6 is 0 Å². The predicted molar refractivity (Wildman–Crippen MR) is 76.0 cm³/mol. The zero-order chi connectivity index (χ0) is 14.1. The van der Waals surface area contributed by atoms with Gasteiger partial charge >= 0.3 is 0 Å². The van der Waals surface area contributed by atoms with Gasteiger partial charge in [-0.2, -0.15) is 0 Å². The molecule has 0 radical (unpaired) electrons. The number of nitrogens with one attached hydrogen (secondary N) is 2. The van der Waals surface area contributed by atoms with E-state index in [1.165, 1.54) is 0 Å². The Balaban J connectivity index is 2.20. The highest BCUT2D eigenvalue weighted by Gasteiger charge is 2.04. The number of carbonyl (C=O) groups excluding carboxylic acids is 1. The molecule has 0 aromatic heterocycles. The SMILES string of the molecule is CN(C)CCOCCNC(=O)c1ccc(NN)cc1. The van der Waals surface area contributed by atoms with Crippen LogP contribution in [0.4, 0.5) is 5.69 Å². The van der Waals surface area contributed by atoms with Crippen LogP contribution in [0.1, 0.15) is 10.4 Å². The Morgan fingerprint density at radius 3 is 2.53 bits per heavy atom. The number of nitrogens with zero attached hydrogens (tertiary/aromatic N) is 1. The number of nitrogen functional groups attached to an aromatic ring is 1. The molecule has 4 N–H and O–H groups in total. The molecule has 0 heterocycles. The molecule has 1 amide bonds. The second-order valence-electron chi connectivity index (χ2n) is 4.39. The van der Waals surface area contributed by atoms with Crippen LogP contribution in [0.2, 0.25) is 0 Å². The van der Waals surface area contributed by atoms with E-state index in [2.05, 4.69) is 10.7 Å². The van der Waals surface area contributed by atoms with E-state index in [-0.39, 0.29) is 5.91 Å². The number of anilines is 1. The number of carbonyl (C=O) groups is 1. The van der Waals surface area contributed by atoms with E-state index in [4.69, 9.17) is 10.6 Å². The molecule has 1 aromatic carbocycles. The normalized spacial score (nSPS) is 10.5. The maximum absolute atomic E-state index is 11.8. The molecule has 6 heteroatoms. The number of benzene rings is 1. The van der Waals surface area contributed by atoms with Gasteiger partial charge in [0.05, 0.1) is 13.2 Å². The summed E-state index contributed by atoms with van der Waals surface area (Å²) in [7, 11) is 3.98. The zero-order valence-corrected chi connectivity index (χ0v) is 11.5. The van der Waals surface area contributed by atoms with E-state index in [9.17, 15) is 4.79 Å². The van der Waals surface area contributed by atoms with Crippen LogP contribution in [-0.2, 0) is 4.74 Å². The lowest BCUT2D eigenvalue weighted by atomic mass is 10.2. The van der Waals surface area contributed by atoms with E-state index in [0.29, 0.717) is 25.3 Å². The first-order valence-electron chi connectivity index (χ1n) is 6.21. The molecule has 0 unspecified atom stereocenters. The first kappa shape index (κ1) is 15.4. The topological polar surface area (TPSA) is 79.6 Å². The fraction of sp³-hybridized carbons (Fsp3) is 0.462. The molecule has 0 saturated carbocycles. The van der Waals surface area contributed by atoms with E-state index in [1.54, 1.807) is 24.3 Å². The number of hydrazine groups is 1. The van der Waals surface area contributed by atoms with Crippen molar-refractivity contribution in [1.29, 1.82) is 0 Å². The molecule has 0 bridgehead atoms. The molecule has 0 spiro atoms. The summed E-state index contributed by atoms with van der Waals surface area (Å²) in [4.78, 5) is 13.8. The van der Waals surface area contributed by atoms with Crippen molar-refractivity contribution < 1.29 is 9.53 Å². The van der Waals surface area contributed by atoms with Crippen LogP contribution in [0.5, 0.6) is 0 Å². The van der Waals surface area contributed by atoms with Crippen molar-refractivity contribution in [2.75, 3.05) is 45.8 Å². The monoisotopic (exact) mass is 266 g/mol. The van der Waals surface area contributed by atoms with E-state index >= 15 is 0 Å². The van der Waals surface area contributed by atoms with Crippen molar-refractivity contribution in [3.05, 3.63) is 29.8 Å². The van der Waals surface area contributed by atoms with Gasteiger partial charge in [-0.3, -0.25) is 10.6 Å². The number of hydrogen-bond acceptors (Lipinski definition) is 5. The van der Waals surface area contributed by atoms with Crippen molar-refractivity contribution in [1.82, 2.24) is 10.2 Å². The third-order valence-electron chi connectivity index (χ3n) is 2.53. The average Bonchev–Trinajstić information content (AvgIpc) is 2.42. The molecule has 0 saturated heterocycles. The summed E-state index contributed by atoms with van der Waals surface area (Å²) in [6, 6.07) is 6.94. The Hall–Kier alpha value is -1.63. The van der Waals surface area contributed by atoms with Crippen LogP contribution in [-0.4, -0.2) is 51.2 Å². The van der Waals surface area contributed by atoms with Crippen molar-refractivity contribution in [3.8, 4) is 0 Å². The second-order valence-corrected chi connectivity index (χ2v) is 4.39. The van der Waals surface area contributed by atoms with Crippen molar-refractivity contribution in [3.63, 3.8) is 0 Å². The molecule has 0 aliphatic heterocycles. The summed E-state index contributed by atoms with van der Waals surface area (Å²) in [6.07, 6.45) is 0. The standard InChI is InChI=1S/C13H22N4O2/c1-17(2)8-10-19-9-7-15-13(18)11-3-5-12(16-14)6-4-11/h3-6,16H,7-10,14H2,1-2H3,(H,15,18). The molecule has 0 aliphatic rings. The van der Waals surface area contributed by atoms with Crippen LogP contribution in [0.25, 0.3) is 0 Å². The van der Waals surface area contributed by atoms with Crippen LogP contribution in [0.3, 0.4) is 0 Å². The Kier molecular flexibility index (Phi) is 6.88. The third kappa shape index (κ3) is 6.19. The number of nitrogens with two attached hydrogens (primary N) is 1. The first-order chi connectivity index (χ1) is 9.13. The average molecular weight is 266 g/mol. The van der Waals surface area contributed by atoms with Gasteiger partial charge in [0.15, 0.2) is 0 Å². The minimum atomic E-state index is -0.111. The highest BCUT2D eigenvalue weighted by atomic mass is 16.5. The molecular formula is C13H22N4O2. The van der Waals surface area contributed by atoms with Crippen LogP contribution < -0.4 is 16.6 Å². The lowest BCUT2D eigenvalue weighted by Gasteiger charge is -2.10. The lowest BCUT2D eigenvalue weighted by Crippen LogP contribution is -2.28. The van der Waals surface area contributed by atoms with Gasteiger partial charge in [0.25, 0.3) is 5.91 Å². The third-order valence-corrected chi connectivity index (χ3v) is 2.53. The number of amides is 1. The quantitative estimate of drug-likeness (QED) is 0.358. The van der Waals surface area contributed by atoms with Crippen molar-refractivity contribution in [2.24, 2.45) is 5.84 Å². The minimum Gasteiger partial charge on any atom is -0.378 e. The maximum Gasteiger partial charge on any atom is 0.251 e. The highest BCUT2D eigenvalue weighted by Crippen LogP contribution is 2.07. The van der Waals surface area contributed by atoms with Gasteiger partial charge in [-0.1, -0.05) is 0 Å². The Morgan fingerprint density at radius 1 is 1.26 bits per heavy atom. The molecule has 1 rings (SSSR count). The first-order valence-corrected chi connectivity index (χ1v) is 6.21. The summed E-state index contributed by atoms with van der Waals surface area (Å²) in [5.41, 5.74) is 3.88. The van der Waals surface area contributed by atoms with Gasteiger partial charge in [0.1, 0.15) is 0 Å². The van der Waals surface area contributed by atoms with Crippen LogP contribution in [0, 0.1) is 0 Å². The van der Waals surface area contributed by atoms with Gasteiger partial charge in [0, 0.05) is 24.3 Å². The summed E-state index contributed by atoms with van der Waals surface area (Å²) in [5.74, 6) is 5.14. The summed E-state index contributed by atoms with van der Waals surface area (Å²) in [5, 5.41) is 2.80. The minimum absolute atomic E-state index is 0.111. The molecule has 0 atom stereocenters. The Morgan fingerprint density at radius 2 is 1.95 bits per heavy atom. The number of hydrogen-bond donors (Lipinski definition) is 3. The molecular weight excluding hydrogens is 244 g/mol. The number of rotatable bonds is 8. The van der Waals surface area contributed by atoms with Gasteiger partial charge in [-0.25, -0.2) is 0 Å². The smallest absolute Gasteiger partial charge is 0.251 e. The van der Waals surface area contributed by atoms with E-state index < -0.39 is 0 Å². The molecule has 1 aromatic rings. The van der Waals surface area contributed by atoms with E-state index in [1.807, 2.05) is 19.0 Å². The van der Waals surface area contributed by atoms with E-state index in [0.717, 1.165) is 12.2 Å². The van der Waals surface area contributed by atoms with Crippen molar-refractivity contribution in [2.45, 2.75) is 0 Å². The summed E-state index contributed by atoms with van der Waals surface area (Å²) >= 11 is 0. The number of ether oxygens (including phenoxy) is 1. The molecule has 106 valence electrons. The Bertz CT molecular complexity index is 379. The fourth-order valence-corrected chi connectivity index (χ4v) is 1.41. The van der Waals surface area contributed by atoms with Crippen molar-refractivity contribution >= 4 is 11.6 Å². The van der Waals surface area contributed by atoms with Crippen LogP contribution in [0.15, 0.2) is 24.3 Å². The number of likely N-dealkylation sites (N-methyl/N-ethyl adjacent to an activating group) is 1. The summed E-state index contributed by atoms with van der Waals surface area (Å²) in [6.45, 7) is 2.56. The largest absolute Gasteiger partial charge is 0.378 e. The fourth-order valence-electron chi connectivity index (χ4n) is 1.41. The molecule has 0 fully saturated rings. The second kappa shape index (κ2) is 8.47. The van der Waals surface area contributed by atoms with Gasteiger partial charge in [-0.15, -0.1) is 0 Å². The van der Waals surface area contributed by atoms with Gasteiger partial charge in [0.2, 0.25) is 0 Å². The maximum atomic E-state index is 11.8. The summed E-state index contributed by atoms with van der Waals surface area (Å²) < 4.78 is 5.38. The molecule has 6 nitrogen and oxygen atoms in total.